The Kier molecular flexibility index (Phi) is 15.5. The summed E-state index contributed by atoms with van der Waals surface area (Å²) in [5.41, 5.74) is 9.51. The van der Waals surface area contributed by atoms with E-state index in [1.807, 2.05) is 0 Å². The van der Waals surface area contributed by atoms with Crippen LogP contribution in [-0.4, -0.2) is 51.6 Å². The first-order chi connectivity index (χ1) is 28.9. The molecule has 6 atom stereocenters. The zero-order chi connectivity index (χ0) is 42.3. The lowest BCUT2D eigenvalue weighted by Gasteiger charge is -2.34. The summed E-state index contributed by atoms with van der Waals surface area (Å²) < 4.78 is 0. The highest BCUT2D eigenvalue weighted by Gasteiger charge is 2.29. The minimum Gasteiger partial charge on any atom is -0.507 e. The molecule has 330 valence electrons. The standard InChI is InChI=1S/C51H78N6O3/c1-31(2)34-19-37-25-52-43-13-7-9-15-45(43)54-27-39-21-35(32(3)4)23-41(50(39)59)29-56-47-17-11-12-18-48(47)57-30-42-24-36(33(5)6)22-40(51(42)60)28-55-46-16-10-8-14-44(46)53-26-38(20-34)49(37)58/h19-24,31-33,43-48,52-60H,7-18,25-30H2,1-6H3/t43-,44-,45-,46-,47-,48-/m1/s1. The fourth-order valence-corrected chi connectivity index (χ4v) is 10.5. The Bertz CT molecular complexity index is 1550. The maximum Gasteiger partial charge on any atom is 0.124 e. The molecule has 3 aromatic carbocycles. The fourth-order valence-electron chi connectivity index (χ4n) is 10.5. The van der Waals surface area contributed by atoms with Crippen molar-refractivity contribution in [3.05, 3.63) is 86.5 Å². The minimum absolute atomic E-state index is 0.266. The van der Waals surface area contributed by atoms with Gasteiger partial charge in [-0.2, -0.15) is 0 Å². The molecule has 9 heteroatoms. The Labute approximate surface area is 361 Å². The van der Waals surface area contributed by atoms with Crippen LogP contribution in [-0.2, 0) is 39.3 Å². The summed E-state index contributed by atoms with van der Waals surface area (Å²) >= 11 is 0. The molecule has 1 heterocycles. The van der Waals surface area contributed by atoms with Gasteiger partial charge in [-0.1, -0.05) is 116 Å². The van der Waals surface area contributed by atoms with Crippen LogP contribution in [0.25, 0.3) is 0 Å². The summed E-state index contributed by atoms with van der Waals surface area (Å²) in [7, 11) is 0. The highest BCUT2D eigenvalue weighted by atomic mass is 16.3. The molecule has 1 aliphatic heterocycles. The van der Waals surface area contributed by atoms with Crippen molar-refractivity contribution >= 4 is 0 Å². The molecule has 0 radical (unpaired) electrons. The van der Waals surface area contributed by atoms with Crippen LogP contribution in [0.1, 0.15) is 186 Å². The van der Waals surface area contributed by atoms with E-state index in [0.29, 0.717) is 74.3 Å². The Hall–Kier alpha value is -3.18. The van der Waals surface area contributed by atoms with Gasteiger partial charge in [0.25, 0.3) is 0 Å². The highest BCUT2D eigenvalue weighted by Crippen LogP contribution is 2.34. The SMILES string of the molecule is CC(C)c1cc2c(O)c(c1)CN[C@@H]1CCCC[C@H]1NCc1cc(C(C)C)cc(c1O)CN[C@@H]1CCCC[C@H]1NCc1cc(C(C)C)cc(c1O)CN[C@@H]1CCCC[C@H]1NC2. The minimum atomic E-state index is 0.266. The van der Waals surface area contributed by atoms with Gasteiger partial charge in [-0.3, -0.25) is 0 Å². The van der Waals surface area contributed by atoms with Crippen LogP contribution in [0.4, 0.5) is 0 Å². The number of aromatic hydroxyl groups is 3. The molecule has 0 aromatic heterocycles. The van der Waals surface area contributed by atoms with E-state index in [-0.39, 0.29) is 36.3 Å². The number of phenols is 3. The summed E-state index contributed by atoms with van der Waals surface area (Å²) in [6.45, 7) is 17.1. The molecule has 0 amide bonds. The van der Waals surface area contributed by atoms with E-state index in [1.165, 1.54) is 55.2 Å². The molecular weight excluding hydrogens is 745 g/mol. The van der Waals surface area contributed by atoms with Crippen LogP contribution in [0.2, 0.25) is 0 Å². The average molecular weight is 823 g/mol. The van der Waals surface area contributed by atoms with Gasteiger partial charge in [0.1, 0.15) is 17.2 Å². The number of hydrogen-bond donors (Lipinski definition) is 9. The second-order valence-electron chi connectivity index (χ2n) is 19.8. The number of nitrogens with one attached hydrogen (secondary N) is 6. The van der Waals surface area contributed by atoms with Crippen LogP contribution in [0.3, 0.4) is 0 Å². The third-order valence-corrected chi connectivity index (χ3v) is 14.5. The van der Waals surface area contributed by atoms with Crippen molar-refractivity contribution in [2.45, 2.75) is 212 Å². The van der Waals surface area contributed by atoms with Gasteiger partial charge in [-0.15, -0.1) is 0 Å². The topological polar surface area (TPSA) is 133 Å². The van der Waals surface area contributed by atoms with E-state index in [0.717, 1.165) is 71.9 Å². The van der Waals surface area contributed by atoms with Gasteiger partial charge in [-0.05, 0) is 73.0 Å². The number of benzene rings is 3. The molecule has 0 saturated heterocycles. The van der Waals surface area contributed by atoms with Crippen LogP contribution >= 0.6 is 0 Å². The molecule has 9 N–H and O–H groups in total. The molecule has 4 aliphatic rings. The Morgan fingerprint density at radius 3 is 0.650 bits per heavy atom. The molecule has 3 aromatic rings. The maximum atomic E-state index is 11.8. The first-order valence-corrected chi connectivity index (χ1v) is 23.9. The van der Waals surface area contributed by atoms with Gasteiger partial charge < -0.3 is 47.2 Å². The Morgan fingerprint density at radius 1 is 0.333 bits per heavy atom. The van der Waals surface area contributed by atoms with Crippen LogP contribution < -0.4 is 31.9 Å². The van der Waals surface area contributed by atoms with Crippen LogP contribution in [0.5, 0.6) is 17.2 Å². The van der Waals surface area contributed by atoms with Crippen molar-refractivity contribution < 1.29 is 15.3 Å². The van der Waals surface area contributed by atoms with Crippen molar-refractivity contribution in [2.75, 3.05) is 0 Å². The molecule has 3 fully saturated rings. The molecule has 9 nitrogen and oxygen atoms in total. The molecule has 0 unspecified atom stereocenters. The van der Waals surface area contributed by atoms with Crippen LogP contribution in [0.15, 0.2) is 36.4 Å². The van der Waals surface area contributed by atoms with Crippen molar-refractivity contribution in [3.63, 3.8) is 0 Å². The summed E-state index contributed by atoms with van der Waals surface area (Å²) in [6, 6.07) is 14.8. The first kappa shape index (κ1) is 44.9. The summed E-state index contributed by atoms with van der Waals surface area (Å²) in [4.78, 5) is 0. The number of hydrogen-bond acceptors (Lipinski definition) is 9. The summed E-state index contributed by atoms with van der Waals surface area (Å²) in [5.74, 6) is 2.21. The highest BCUT2D eigenvalue weighted by molar-refractivity contribution is 5.47. The molecule has 3 saturated carbocycles. The van der Waals surface area contributed by atoms with E-state index < -0.39 is 0 Å². The third kappa shape index (κ3) is 11.1. The molecule has 7 rings (SSSR count). The van der Waals surface area contributed by atoms with Gasteiger partial charge in [-0.25, -0.2) is 0 Å². The smallest absolute Gasteiger partial charge is 0.124 e. The zero-order valence-electron chi connectivity index (χ0n) is 37.7. The lowest BCUT2D eigenvalue weighted by Crippen LogP contribution is -2.49. The fraction of sp³-hybridized carbons (Fsp3) is 0.647. The lowest BCUT2D eigenvalue weighted by molar-refractivity contribution is 0.277. The number of phenolic OH excluding ortho intramolecular Hbond substituents is 3. The largest absolute Gasteiger partial charge is 0.507 e. The molecule has 60 heavy (non-hydrogen) atoms. The van der Waals surface area contributed by atoms with Crippen molar-refractivity contribution in [1.29, 1.82) is 0 Å². The van der Waals surface area contributed by atoms with E-state index in [1.54, 1.807) is 0 Å². The average Bonchev–Trinajstić information content (AvgIpc) is 3.24. The number of rotatable bonds is 3. The van der Waals surface area contributed by atoms with E-state index in [9.17, 15) is 15.3 Å². The molecule has 0 spiro atoms. The zero-order valence-corrected chi connectivity index (χ0v) is 37.7. The molecule has 6 bridgehead atoms. The van der Waals surface area contributed by atoms with Crippen molar-refractivity contribution in [2.24, 2.45) is 0 Å². The van der Waals surface area contributed by atoms with Gasteiger partial charge in [0, 0.05) is 109 Å². The second-order valence-corrected chi connectivity index (χ2v) is 19.8. The van der Waals surface area contributed by atoms with E-state index >= 15 is 0 Å². The first-order valence-electron chi connectivity index (χ1n) is 23.9. The monoisotopic (exact) mass is 823 g/mol. The van der Waals surface area contributed by atoms with Crippen LogP contribution in [0, 0.1) is 0 Å². The second kappa shape index (κ2) is 20.8. The maximum absolute atomic E-state index is 11.8. The van der Waals surface area contributed by atoms with Crippen molar-refractivity contribution in [3.8, 4) is 17.2 Å². The number of fused-ring (bicyclic) bond motifs is 9. The molecule has 3 aliphatic carbocycles. The summed E-state index contributed by atoms with van der Waals surface area (Å²) in [5, 5.41) is 58.8. The predicted octanol–water partition coefficient (Wildman–Crippen LogP) is 9.06. The van der Waals surface area contributed by atoms with Gasteiger partial charge in [0.2, 0.25) is 0 Å². The predicted molar refractivity (Wildman–Crippen MR) is 246 cm³/mol. The Morgan fingerprint density at radius 2 is 0.500 bits per heavy atom. The Balaban J connectivity index is 1.20. The van der Waals surface area contributed by atoms with Gasteiger partial charge in [0.15, 0.2) is 0 Å². The van der Waals surface area contributed by atoms with Gasteiger partial charge >= 0.3 is 0 Å². The van der Waals surface area contributed by atoms with Crippen molar-refractivity contribution in [1.82, 2.24) is 31.9 Å². The van der Waals surface area contributed by atoms with E-state index in [4.69, 9.17) is 0 Å². The third-order valence-electron chi connectivity index (χ3n) is 14.5. The molecular formula is C51H78N6O3. The van der Waals surface area contributed by atoms with Gasteiger partial charge in [0.05, 0.1) is 0 Å². The normalized spacial score (nSPS) is 26.6. The lowest BCUT2D eigenvalue weighted by atomic mass is 9.89. The summed E-state index contributed by atoms with van der Waals surface area (Å²) in [6.07, 6.45) is 13.6. The van der Waals surface area contributed by atoms with E-state index in [2.05, 4.69) is 110 Å². The quantitative estimate of drug-likeness (QED) is 0.127.